The van der Waals surface area contributed by atoms with Gasteiger partial charge in [-0.1, -0.05) is 12.1 Å². The molecule has 10 heteroatoms. The number of amides is 2. The van der Waals surface area contributed by atoms with Gasteiger partial charge in [0.1, 0.15) is 5.88 Å². The van der Waals surface area contributed by atoms with E-state index in [1.165, 1.54) is 24.3 Å². The molecule has 0 atom stereocenters. The Labute approximate surface area is 149 Å². The molecule has 2 aromatic rings. The van der Waals surface area contributed by atoms with Gasteiger partial charge in [-0.3, -0.25) is 25.2 Å². The van der Waals surface area contributed by atoms with Gasteiger partial charge in [0.2, 0.25) is 12.3 Å². The third-order valence-corrected chi connectivity index (χ3v) is 4.63. The minimum Gasteiger partial charge on any atom is -0.325 e. The number of hydrogen-bond donors (Lipinski definition) is 4. The van der Waals surface area contributed by atoms with Crippen molar-refractivity contribution in [3.63, 3.8) is 0 Å². The highest BCUT2D eigenvalue weighted by Crippen LogP contribution is 2.24. The molecule has 0 aliphatic heterocycles. The lowest BCUT2D eigenvalue weighted by molar-refractivity contribution is -0.114. The molecule has 2 rings (SSSR count). The molecule has 4 N–H and O–H groups in total. The van der Waals surface area contributed by atoms with E-state index in [9.17, 15) is 18.0 Å². The molecule has 0 aromatic heterocycles. The maximum absolute atomic E-state index is 12.5. The molecule has 0 saturated carbocycles. The van der Waals surface area contributed by atoms with E-state index in [1.807, 2.05) is 0 Å². The van der Waals surface area contributed by atoms with E-state index in [0.29, 0.717) is 17.8 Å². The zero-order valence-corrected chi connectivity index (χ0v) is 14.4. The fourth-order valence-electron chi connectivity index (χ4n) is 1.90. The first-order chi connectivity index (χ1) is 12.0. The van der Waals surface area contributed by atoms with Gasteiger partial charge in [-0.05, 0) is 36.4 Å². The lowest BCUT2D eigenvalue weighted by Gasteiger charge is -2.13. The summed E-state index contributed by atoms with van der Waals surface area (Å²) in [6.07, 6.45) is 0.430. The largest absolute Gasteiger partial charge is 0.325 e. The Morgan fingerprint density at radius 2 is 1.68 bits per heavy atom. The zero-order valence-electron chi connectivity index (χ0n) is 12.8. The summed E-state index contributed by atoms with van der Waals surface area (Å²) in [6.45, 7) is 0. The number of carbonyl (C=O) groups is 2. The van der Waals surface area contributed by atoms with Crippen LogP contribution >= 0.6 is 11.6 Å². The van der Waals surface area contributed by atoms with E-state index >= 15 is 0 Å². The molecule has 2 amide bonds. The Morgan fingerprint density at radius 3 is 2.28 bits per heavy atom. The van der Waals surface area contributed by atoms with Crippen molar-refractivity contribution in [2.75, 3.05) is 21.3 Å². The van der Waals surface area contributed by atoms with E-state index in [-0.39, 0.29) is 16.5 Å². The van der Waals surface area contributed by atoms with Crippen LogP contribution in [-0.2, 0) is 19.6 Å². The first-order valence-corrected chi connectivity index (χ1v) is 9.01. The van der Waals surface area contributed by atoms with Crippen molar-refractivity contribution >= 4 is 51.0 Å². The molecule has 0 bridgehead atoms. The van der Waals surface area contributed by atoms with E-state index in [4.69, 9.17) is 11.6 Å². The Bertz CT molecular complexity index is 856. The molecule has 0 unspecified atom stereocenters. The van der Waals surface area contributed by atoms with Crippen molar-refractivity contribution in [2.45, 2.75) is 4.90 Å². The molecular weight excluding hydrogens is 368 g/mol. The zero-order chi connectivity index (χ0) is 18.3. The minimum absolute atomic E-state index is 0.00882. The second kappa shape index (κ2) is 8.36. The highest BCUT2D eigenvalue weighted by Gasteiger charge is 2.16. The van der Waals surface area contributed by atoms with Crippen molar-refractivity contribution < 1.29 is 18.0 Å². The van der Waals surface area contributed by atoms with Crippen molar-refractivity contribution in [3.05, 3.63) is 48.5 Å². The average Bonchev–Trinajstić information content (AvgIpc) is 2.61. The lowest BCUT2D eigenvalue weighted by atomic mass is 10.3. The Balaban J connectivity index is 2.19. The summed E-state index contributed by atoms with van der Waals surface area (Å²) in [7, 11) is -3.86. The smallest absolute Gasteiger partial charge is 0.261 e. The molecule has 0 saturated heterocycles. The summed E-state index contributed by atoms with van der Waals surface area (Å²) in [5.41, 5.74) is 5.89. The number of para-hydroxylation sites is 2. The maximum Gasteiger partial charge on any atom is 0.261 e. The Morgan fingerprint density at radius 1 is 1.04 bits per heavy atom. The molecule has 0 aliphatic rings. The van der Waals surface area contributed by atoms with Crippen LogP contribution in [0.1, 0.15) is 0 Å². The standard InChI is InChI=1S/C15H15ClN4O4S/c16-9-15(22)18-11-5-7-12(8-6-11)25(23,24)20-14-4-2-1-3-13(14)19-17-10-21/h1-8,10,19-20H,9H2,(H,17,21)(H,18,22). The van der Waals surface area contributed by atoms with Crippen LogP contribution in [0.15, 0.2) is 53.4 Å². The molecule has 132 valence electrons. The van der Waals surface area contributed by atoms with Gasteiger partial charge in [0.25, 0.3) is 10.0 Å². The fraction of sp³-hybridized carbons (Fsp3) is 0.0667. The van der Waals surface area contributed by atoms with Gasteiger partial charge in [0, 0.05) is 5.69 Å². The van der Waals surface area contributed by atoms with Crippen LogP contribution in [0.5, 0.6) is 0 Å². The maximum atomic E-state index is 12.5. The Kier molecular flexibility index (Phi) is 6.20. The molecule has 0 fully saturated rings. The topological polar surface area (TPSA) is 116 Å². The minimum atomic E-state index is -3.86. The number of rotatable bonds is 8. The highest BCUT2D eigenvalue weighted by atomic mass is 35.5. The molecule has 0 radical (unpaired) electrons. The molecular formula is C15H15ClN4O4S. The number of sulfonamides is 1. The summed E-state index contributed by atoms with van der Waals surface area (Å²) in [5, 5.41) is 2.51. The van der Waals surface area contributed by atoms with Crippen molar-refractivity contribution in [1.82, 2.24) is 5.43 Å². The summed E-state index contributed by atoms with van der Waals surface area (Å²) in [6, 6.07) is 12.1. The number of nitrogens with one attached hydrogen (secondary N) is 4. The molecule has 0 spiro atoms. The van der Waals surface area contributed by atoms with Crippen molar-refractivity contribution in [3.8, 4) is 0 Å². The molecule has 25 heavy (non-hydrogen) atoms. The summed E-state index contributed by atoms with van der Waals surface area (Å²) < 4.78 is 27.4. The number of anilines is 3. The molecule has 2 aromatic carbocycles. The van der Waals surface area contributed by atoms with Crippen LogP contribution in [0, 0.1) is 0 Å². The number of carbonyl (C=O) groups excluding carboxylic acids is 2. The first kappa shape index (κ1) is 18.6. The van der Waals surface area contributed by atoms with Crippen LogP contribution in [0.25, 0.3) is 0 Å². The van der Waals surface area contributed by atoms with E-state index < -0.39 is 15.9 Å². The summed E-state index contributed by atoms with van der Waals surface area (Å²) in [5.74, 6) is -0.585. The predicted octanol–water partition coefficient (Wildman–Crippen LogP) is 1.74. The van der Waals surface area contributed by atoms with E-state index in [1.54, 1.807) is 24.3 Å². The van der Waals surface area contributed by atoms with Gasteiger partial charge in [0.05, 0.1) is 16.3 Å². The summed E-state index contributed by atoms with van der Waals surface area (Å²) >= 11 is 5.40. The third kappa shape index (κ3) is 5.10. The van der Waals surface area contributed by atoms with E-state index in [0.717, 1.165) is 0 Å². The van der Waals surface area contributed by atoms with Gasteiger partial charge in [0.15, 0.2) is 0 Å². The molecule has 0 aliphatic carbocycles. The second-order valence-electron chi connectivity index (χ2n) is 4.74. The SMILES string of the molecule is O=CNNc1ccccc1NS(=O)(=O)c1ccc(NC(=O)CCl)cc1. The third-order valence-electron chi connectivity index (χ3n) is 3.01. The number of hydrogen-bond acceptors (Lipinski definition) is 5. The fourth-order valence-corrected chi connectivity index (χ4v) is 3.05. The van der Waals surface area contributed by atoms with Gasteiger partial charge >= 0.3 is 0 Å². The molecule has 0 heterocycles. The van der Waals surface area contributed by atoms with Crippen molar-refractivity contribution in [2.24, 2.45) is 0 Å². The van der Waals surface area contributed by atoms with Crippen LogP contribution in [-0.4, -0.2) is 26.6 Å². The van der Waals surface area contributed by atoms with Gasteiger partial charge < -0.3 is 5.32 Å². The number of halogens is 1. The van der Waals surface area contributed by atoms with Crippen LogP contribution < -0.4 is 20.9 Å². The van der Waals surface area contributed by atoms with Crippen molar-refractivity contribution in [1.29, 1.82) is 0 Å². The predicted molar refractivity (Wildman–Crippen MR) is 95.9 cm³/mol. The van der Waals surface area contributed by atoms with Crippen LogP contribution in [0.2, 0.25) is 0 Å². The number of alkyl halides is 1. The van der Waals surface area contributed by atoms with Gasteiger partial charge in [-0.25, -0.2) is 8.42 Å². The van der Waals surface area contributed by atoms with E-state index in [2.05, 4.69) is 20.9 Å². The normalized spacial score (nSPS) is 10.6. The lowest BCUT2D eigenvalue weighted by Crippen LogP contribution is -2.21. The van der Waals surface area contributed by atoms with Crippen LogP contribution in [0.3, 0.4) is 0 Å². The van der Waals surface area contributed by atoms with Gasteiger partial charge in [-0.2, -0.15) is 0 Å². The summed E-state index contributed by atoms with van der Waals surface area (Å²) in [4.78, 5) is 21.6. The monoisotopic (exact) mass is 382 g/mol. The quantitative estimate of drug-likeness (QED) is 0.315. The second-order valence-corrected chi connectivity index (χ2v) is 6.69. The van der Waals surface area contributed by atoms with Crippen LogP contribution in [0.4, 0.5) is 17.1 Å². The number of hydrazine groups is 1. The molecule has 8 nitrogen and oxygen atoms in total. The first-order valence-electron chi connectivity index (χ1n) is 6.99. The average molecular weight is 383 g/mol. The Hall–Kier alpha value is -2.78. The highest BCUT2D eigenvalue weighted by molar-refractivity contribution is 7.92. The van der Waals surface area contributed by atoms with Gasteiger partial charge in [-0.15, -0.1) is 11.6 Å². The number of benzene rings is 2.